The normalized spacial score (nSPS) is 11.6. The molecule has 0 fully saturated rings. The summed E-state index contributed by atoms with van der Waals surface area (Å²) in [5.74, 6) is 0. The van der Waals surface area contributed by atoms with Crippen molar-refractivity contribution in [2.24, 2.45) is 0 Å². The van der Waals surface area contributed by atoms with E-state index >= 15 is 0 Å². The van der Waals surface area contributed by atoms with E-state index in [1.807, 2.05) is 30.3 Å². The first-order valence-corrected chi connectivity index (χ1v) is 43.9. The van der Waals surface area contributed by atoms with Crippen LogP contribution in [0.3, 0.4) is 0 Å². The van der Waals surface area contributed by atoms with Crippen molar-refractivity contribution < 1.29 is 0 Å². The Hall–Kier alpha value is -18.1. The van der Waals surface area contributed by atoms with Gasteiger partial charge in [0.05, 0.1) is 39.7 Å². The molecule has 0 unspecified atom stereocenters. The smallest absolute Gasteiger partial charge is 0.138 e. The van der Waals surface area contributed by atoms with Gasteiger partial charge in [-0.2, -0.15) is 0 Å². The molecule has 21 aromatic carbocycles. The number of pyridine rings is 3. The molecule has 0 spiro atoms. The van der Waals surface area contributed by atoms with Gasteiger partial charge in [0.15, 0.2) is 0 Å². The fraction of sp³-hybridized carbons (Fsp3) is 0. The summed E-state index contributed by atoms with van der Waals surface area (Å²) < 4.78 is 0. The summed E-state index contributed by atoms with van der Waals surface area (Å²) in [5.41, 5.74) is 22.7. The first kappa shape index (κ1) is 76.3. The van der Waals surface area contributed by atoms with Gasteiger partial charge in [0.2, 0.25) is 0 Å². The van der Waals surface area contributed by atoms with Crippen molar-refractivity contribution in [1.29, 1.82) is 0 Å². The summed E-state index contributed by atoms with van der Waals surface area (Å²) in [6.45, 7) is 0. The van der Waals surface area contributed by atoms with Crippen molar-refractivity contribution >= 4 is 162 Å². The molecule has 27 aromatic rings. The van der Waals surface area contributed by atoms with Gasteiger partial charge in [0.1, 0.15) is 33.9 Å². The fourth-order valence-electron chi connectivity index (χ4n) is 19.2. The van der Waals surface area contributed by atoms with Crippen LogP contribution in [-0.4, -0.2) is 71.4 Å². The van der Waals surface area contributed by atoms with Crippen molar-refractivity contribution in [3.8, 4) is 101 Å². The van der Waals surface area contributed by atoms with E-state index in [2.05, 4.69) is 445 Å². The minimum absolute atomic E-state index is 0.700. The quantitative estimate of drug-likeness (QED) is 0.125. The molecule has 0 saturated heterocycles. The molecule has 0 radical (unpaired) electrons. The maximum absolute atomic E-state index is 5.52. The van der Waals surface area contributed by atoms with E-state index in [0.717, 1.165) is 112 Å². The minimum atomic E-state index is 0.700. The average molecular weight is 1680 g/mol. The first-order chi connectivity index (χ1) is 65.3. The molecule has 0 saturated carbocycles. The van der Waals surface area contributed by atoms with Gasteiger partial charge in [-0.3, -0.25) is 0 Å². The predicted octanol–water partition coefficient (Wildman–Crippen LogP) is 28.9. The number of fused-ring (bicyclic) bond motifs is 15. The Morgan fingerprint density at radius 3 is 0.818 bits per heavy atom. The Morgan fingerprint density at radius 1 is 0.144 bits per heavy atom. The highest BCUT2D eigenvalue weighted by molar-refractivity contribution is 6.16. The lowest BCUT2D eigenvalue weighted by Gasteiger charge is -2.17. The molecule has 0 aliphatic rings. The molecule has 132 heavy (non-hydrogen) atoms. The molecule has 0 amide bonds. The number of hydrogen-bond donors (Lipinski definition) is 0. The SMILES string of the molecule is c1ccc2c(-c3cc(-c4ccc5ncnnc5c4)cc(-c4c5ccccc5cc5ccccc45)n3)c3ccccc3cc2c1.c1ccc2cc3c(-c4cc(-c5ccc6nnnnc6c5)cc(-c5cccc6cc7ccccc7cc56)n4)cccc3cc2c1.c1ccc2cc3cc(-c4cc(-c5ccc6nnnnc6c5)cc(-c5ccc6cc7ccccc7cc6c5)n4)ccc3cc2c1. The lowest BCUT2D eigenvalue weighted by atomic mass is 9.90. The van der Waals surface area contributed by atoms with Crippen molar-refractivity contribution in [1.82, 2.24) is 71.4 Å². The summed E-state index contributed by atoms with van der Waals surface area (Å²) >= 11 is 0. The molecular formula is C118H70N14. The van der Waals surface area contributed by atoms with Crippen molar-refractivity contribution in [2.75, 3.05) is 0 Å². The van der Waals surface area contributed by atoms with Crippen LogP contribution in [-0.2, 0) is 0 Å². The van der Waals surface area contributed by atoms with Gasteiger partial charge in [0.25, 0.3) is 0 Å². The van der Waals surface area contributed by atoms with E-state index < -0.39 is 0 Å². The summed E-state index contributed by atoms with van der Waals surface area (Å²) in [7, 11) is 0. The van der Waals surface area contributed by atoms with Crippen molar-refractivity contribution in [3.63, 3.8) is 0 Å². The van der Waals surface area contributed by atoms with Gasteiger partial charge in [-0.1, -0.05) is 273 Å². The zero-order chi connectivity index (χ0) is 87.1. The molecule has 0 atom stereocenters. The Labute approximate surface area is 754 Å². The van der Waals surface area contributed by atoms with Gasteiger partial charge in [-0.15, -0.1) is 30.6 Å². The maximum atomic E-state index is 5.52. The fourth-order valence-corrected chi connectivity index (χ4v) is 19.2. The number of hydrogen-bond acceptors (Lipinski definition) is 14. The van der Waals surface area contributed by atoms with Crippen LogP contribution in [0.4, 0.5) is 0 Å². The molecule has 0 N–H and O–H groups in total. The maximum Gasteiger partial charge on any atom is 0.138 e. The lowest BCUT2D eigenvalue weighted by molar-refractivity contribution is 0.797. The molecule has 0 bridgehead atoms. The predicted molar refractivity (Wildman–Crippen MR) is 540 cm³/mol. The first-order valence-electron chi connectivity index (χ1n) is 43.9. The monoisotopic (exact) mass is 1680 g/mol. The summed E-state index contributed by atoms with van der Waals surface area (Å²) in [5, 5.41) is 68.8. The number of benzene rings is 21. The highest BCUT2D eigenvalue weighted by Crippen LogP contribution is 2.45. The van der Waals surface area contributed by atoms with E-state index in [1.165, 1.54) is 136 Å². The molecule has 0 aliphatic carbocycles. The largest absolute Gasteiger partial charge is 0.248 e. The van der Waals surface area contributed by atoms with Gasteiger partial charge in [0, 0.05) is 33.4 Å². The van der Waals surface area contributed by atoms with E-state index in [0.29, 0.717) is 22.1 Å². The van der Waals surface area contributed by atoms with E-state index in [4.69, 9.17) is 15.0 Å². The molecule has 27 rings (SSSR count). The number of aromatic nitrogens is 14. The molecule has 6 heterocycles. The highest BCUT2D eigenvalue weighted by atomic mass is 15.4. The molecule has 0 aliphatic heterocycles. The van der Waals surface area contributed by atoms with E-state index in [-0.39, 0.29) is 0 Å². The Balaban J connectivity index is 0.000000106. The Bertz CT molecular complexity index is 8910. The lowest BCUT2D eigenvalue weighted by Crippen LogP contribution is -1.95. The zero-order valence-electron chi connectivity index (χ0n) is 70.7. The third-order valence-corrected chi connectivity index (χ3v) is 25.6. The molecule has 612 valence electrons. The van der Waals surface area contributed by atoms with Crippen LogP contribution in [0, 0.1) is 0 Å². The van der Waals surface area contributed by atoms with Crippen molar-refractivity contribution in [2.45, 2.75) is 0 Å². The molecular weight excluding hydrogens is 1610 g/mol. The van der Waals surface area contributed by atoms with Crippen LogP contribution < -0.4 is 0 Å². The van der Waals surface area contributed by atoms with Gasteiger partial charge in [-0.05, 0) is 329 Å². The summed E-state index contributed by atoms with van der Waals surface area (Å²) in [4.78, 5) is 20.5. The topological polar surface area (TPSA) is 180 Å². The van der Waals surface area contributed by atoms with E-state index in [1.54, 1.807) is 0 Å². The Morgan fingerprint density at radius 2 is 0.417 bits per heavy atom. The molecule has 6 aromatic heterocycles. The summed E-state index contributed by atoms with van der Waals surface area (Å²) in [6.07, 6.45) is 1.49. The van der Waals surface area contributed by atoms with Crippen LogP contribution in [0.25, 0.3) is 263 Å². The highest BCUT2D eigenvalue weighted by Gasteiger charge is 2.22. The van der Waals surface area contributed by atoms with Crippen LogP contribution in [0.2, 0.25) is 0 Å². The van der Waals surface area contributed by atoms with E-state index in [9.17, 15) is 0 Å². The van der Waals surface area contributed by atoms with Gasteiger partial charge >= 0.3 is 0 Å². The van der Waals surface area contributed by atoms with Crippen LogP contribution >= 0.6 is 0 Å². The van der Waals surface area contributed by atoms with Crippen LogP contribution in [0.1, 0.15) is 0 Å². The Kier molecular flexibility index (Phi) is 18.5. The number of rotatable bonds is 9. The molecule has 14 heteroatoms. The minimum Gasteiger partial charge on any atom is -0.248 e. The standard InChI is InChI=1S/C40H24N4.2C39H23N5/c1-5-13-31-26(9-1)19-27-10-2-6-14-32(27)39(31)37-22-30(25-17-18-35-36(21-25)44-42-24-41-35)23-38(43-37)40-33-15-7-3-11-28(33)20-29-12-4-8-16-34(29)40;1-3-9-26-19-34-29(17-24(26)7-1)11-5-13-32(34)37-22-31(28-15-16-36-39(21-28)42-44-43-41-36)23-38(40-37)33-14-6-12-30-18-25-8-2-4-10-27(25)20-35(30)33;1-3-7-26-17-33-19-31(11-9-28(33)15-24(26)5-1)37-22-35(30-13-14-36-39(21-30)42-44-43-41-36)23-38(40-37)32-12-10-29-16-25-6-2-4-8-27(25)18-34(29)20-32/h1-24H;2*1-23H. The second kappa shape index (κ2) is 32.1. The second-order valence-corrected chi connectivity index (χ2v) is 33.6. The van der Waals surface area contributed by atoms with Crippen molar-refractivity contribution in [3.05, 3.63) is 425 Å². The number of nitrogens with zero attached hydrogens (tertiary/aromatic N) is 14. The van der Waals surface area contributed by atoms with Crippen LogP contribution in [0.15, 0.2) is 425 Å². The average Bonchev–Trinajstić information content (AvgIpc) is 0.772. The summed E-state index contributed by atoms with van der Waals surface area (Å²) in [6, 6.07) is 148. The third-order valence-electron chi connectivity index (χ3n) is 25.6. The molecule has 14 nitrogen and oxygen atoms in total. The zero-order valence-corrected chi connectivity index (χ0v) is 70.7. The van der Waals surface area contributed by atoms with Crippen LogP contribution in [0.5, 0.6) is 0 Å². The van der Waals surface area contributed by atoms with Gasteiger partial charge in [-0.25, -0.2) is 19.9 Å². The van der Waals surface area contributed by atoms with Gasteiger partial charge < -0.3 is 0 Å². The second-order valence-electron chi connectivity index (χ2n) is 33.6. The third kappa shape index (κ3) is 14.1.